The maximum Gasteiger partial charge on any atom is 0.251 e. The molecule has 0 saturated heterocycles. The third-order valence-electron chi connectivity index (χ3n) is 3.11. The standard InChI is InChI=1S/C13H17N3O3/c1-7(17)10(14)6-15-13(19)8-2-3-11-9(4-8)5-12(18)16-11/h2-4,7,10,17H,5-6,14H2,1H3,(H,15,19)(H,16,18). The van der Waals surface area contributed by atoms with E-state index in [4.69, 9.17) is 5.73 Å². The molecule has 0 aromatic heterocycles. The first-order chi connectivity index (χ1) is 8.97. The highest BCUT2D eigenvalue weighted by Gasteiger charge is 2.19. The molecule has 102 valence electrons. The summed E-state index contributed by atoms with van der Waals surface area (Å²) >= 11 is 0. The van der Waals surface area contributed by atoms with Gasteiger partial charge in [0.25, 0.3) is 5.91 Å². The highest BCUT2D eigenvalue weighted by Crippen LogP contribution is 2.23. The lowest BCUT2D eigenvalue weighted by Crippen LogP contribution is -2.43. The summed E-state index contributed by atoms with van der Waals surface area (Å²) in [7, 11) is 0. The zero-order chi connectivity index (χ0) is 14.0. The molecule has 2 amide bonds. The van der Waals surface area contributed by atoms with Crippen LogP contribution in [0.5, 0.6) is 0 Å². The van der Waals surface area contributed by atoms with Gasteiger partial charge < -0.3 is 21.5 Å². The quantitative estimate of drug-likeness (QED) is 0.594. The minimum atomic E-state index is -0.679. The van der Waals surface area contributed by atoms with Gasteiger partial charge in [-0.1, -0.05) is 0 Å². The molecule has 5 N–H and O–H groups in total. The van der Waals surface area contributed by atoms with Crippen molar-refractivity contribution in [3.63, 3.8) is 0 Å². The minimum absolute atomic E-state index is 0.0660. The number of amides is 2. The maximum absolute atomic E-state index is 11.9. The second-order valence-electron chi connectivity index (χ2n) is 4.71. The Morgan fingerprint density at radius 2 is 2.32 bits per heavy atom. The summed E-state index contributed by atoms with van der Waals surface area (Å²) in [5, 5.41) is 14.6. The Morgan fingerprint density at radius 3 is 3.00 bits per heavy atom. The van der Waals surface area contributed by atoms with Crippen LogP contribution in [0.15, 0.2) is 18.2 Å². The average Bonchev–Trinajstić information content (AvgIpc) is 2.74. The maximum atomic E-state index is 11.9. The number of nitrogens with two attached hydrogens (primary N) is 1. The van der Waals surface area contributed by atoms with Crippen LogP contribution in [0.1, 0.15) is 22.8 Å². The Balaban J connectivity index is 2.01. The van der Waals surface area contributed by atoms with Crippen LogP contribution in [-0.2, 0) is 11.2 Å². The SMILES string of the molecule is CC(O)C(N)CNC(=O)c1ccc2c(c1)CC(=O)N2. The van der Waals surface area contributed by atoms with Gasteiger partial charge in [-0.2, -0.15) is 0 Å². The summed E-state index contributed by atoms with van der Waals surface area (Å²) in [4.78, 5) is 23.1. The number of carbonyl (C=O) groups excluding carboxylic acids is 2. The Hall–Kier alpha value is -1.92. The molecule has 0 bridgehead atoms. The van der Waals surface area contributed by atoms with Crippen molar-refractivity contribution in [1.82, 2.24) is 5.32 Å². The largest absolute Gasteiger partial charge is 0.392 e. The fraction of sp³-hybridized carbons (Fsp3) is 0.385. The summed E-state index contributed by atoms with van der Waals surface area (Å²) in [6.45, 7) is 1.77. The molecule has 1 aromatic carbocycles. The predicted octanol–water partition coefficient (Wildman–Crippen LogP) is -0.381. The van der Waals surface area contributed by atoms with Crippen molar-refractivity contribution in [2.45, 2.75) is 25.5 Å². The summed E-state index contributed by atoms with van der Waals surface area (Å²) in [6.07, 6.45) is -0.383. The minimum Gasteiger partial charge on any atom is -0.392 e. The van der Waals surface area contributed by atoms with E-state index in [1.54, 1.807) is 25.1 Å². The number of aliphatic hydroxyl groups is 1. The highest BCUT2D eigenvalue weighted by atomic mass is 16.3. The van der Waals surface area contributed by atoms with Gasteiger partial charge in [-0.25, -0.2) is 0 Å². The van der Waals surface area contributed by atoms with E-state index in [0.29, 0.717) is 12.0 Å². The van der Waals surface area contributed by atoms with E-state index in [2.05, 4.69) is 10.6 Å². The number of anilines is 1. The van der Waals surface area contributed by atoms with Crippen LogP contribution in [0.2, 0.25) is 0 Å². The second kappa shape index (κ2) is 5.38. The molecule has 6 heteroatoms. The number of hydrogen-bond acceptors (Lipinski definition) is 4. The lowest BCUT2D eigenvalue weighted by molar-refractivity contribution is -0.115. The van der Waals surface area contributed by atoms with Gasteiger partial charge in [-0.05, 0) is 30.7 Å². The van der Waals surface area contributed by atoms with Gasteiger partial charge in [0.1, 0.15) is 0 Å². The van der Waals surface area contributed by atoms with Crippen LogP contribution in [0.3, 0.4) is 0 Å². The van der Waals surface area contributed by atoms with Crippen LogP contribution in [-0.4, -0.2) is 35.6 Å². The Kier molecular flexibility index (Phi) is 3.82. The van der Waals surface area contributed by atoms with Crippen molar-refractivity contribution in [2.75, 3.05) is 11.9 Å². The van der Waals surface area contributed by atoms with Crippen molar-refractivity contribution in [3.05, 3.63) is 29.3 Å². The first-order valence-electron chi connectivity index (χ1n) is 6.12. The fourth-order valence-corrected chi connectivity index (χ4v) is 1.85. The van der Waals surface area contributed by atoms with E-state index in [1.165, 1.54) is 0 Å². The molecule has 2 atom stereocenters. The van der Waals surface area contributed by atoms with Gasteiger partial charge in [0, 0.05) is 23.8 Å². The van der Waals surface area contributed by atoms with Crippen LogP contribution in [0, 0.1) is 0 Å². The molecule has 6 nitrogen and oxygen atoms in total. The number of aliphatic hydroxyl groups excluding tert-OH is 1. The van der Waals surface area contributed by atoms with E-state index in [9.17, 15) is 14.7 Å². The zero-order valence-electron chi connectivity index (χ0n) is 10.6. The lowest BCUT2D eigenvalue weighted by atomic mass is 10.1. The van der Waals surface area contributed by atoms with Gasteiger partial charge in [0.15, 0.2) is 0 Å². The summed E-state index contributed by atoms with van der Waals surface area (Å²) in [5.41, 5.74) is 7.68. The topological polar surface area (TPSA) is 104 Å². The monoisotopic (exact) mass is 263 g/mol. The van der Waals surface area contributed by atoms with Gasteiger partial charge in [0.05, 0.1) is 12.5 Å². The fourth-order valence-electron chi connectivity index (χ4n) is 1.85. The van der Waals surface area contributed by atoms with Crippen molar-refractivity contribution < 1.29 is 14.7 Å². The first kappa shape index (κ1) is 13.5. The summed E-state index contributed by atoms with van der Waals surface area (Å²) in [5.74, 6) is -0.332. The predicted molar refractivity (Wildman–Crippen MR) is 70.8 cm³/mol. The molecule has 0 saturated carbocycles. The third kappa shape index (κ3) is 3.10. The van der Waals surface area contributed by atoms with Crippen molar-refractivity contribution in [2.24, 2.45) is 5.73 Å². The smallest absolute Gasteiger partial charge is 0.251 e. The molecule has 0 aliphatic carbocycles. The molecule has 1 aliphatic rings. The first-order valence-corrected chi connectivity index (χ1v) is 6.12. The van der Waals surface area contributed by atoms with E-state index in [1.807, 2.05) is 0 Å². The molecule has 0 fully saturated rings. The molecule has 1 aliphatic heterocycles. The van der Waals surface area contributed by atoms with Gasteiger partial charge in [-0.15, -0.1) is 0 Å². The lowest BCUT2D eigenvalue weighted by Gasteiger charge is -2.15. The number of fused-ring (bicyclic) bond motifs is 1. The molecule has 2 unspecified atom stereocenters. The van der Waals surface area contributed by atoms with E-state index in [-0.39, 0.29) is 18.4 Å². The number of carbonyl (C=O) groups is 2. The molecular weight excluding hydrogens is 246 g/mol. The Bertz CT molecular complexity index is 514. The molecule has 1 aromatic rings. The number of benzene rings is 1. The number of hydrogen-bond donors (Lipinski definition) is 4. The molecule has 1 heterocycles. The highest BCUT2D eigenvalue weighted by molar-refractivity contribution is 6.01. The normalized spacial score (nSPS) is 16.5. The summed E-state index contributed by atoms with van der Waals surface area (Å²) in [6, 6.07) is 4.55. The van der Waals surface area contributed by atoms with Crippen molar-refractivity contribution in [1.29, 1.82) is 0 Å². The van der Waals surface area contributed by atoms with E-state index < -0.39 is 12.1 Å². The Labute approximate surface area is 111 Å². The van der Waals surface area contributed by atoms with Gasteiger partial charge in [0.2, 0.25) is 5.91 Å². The second-order valence-corrected chi connectivity index (χ2v) is 4.71. The van der Waals surface area contributed by atoms with Crippen molar-refractivity contribution in [3.8, 4) is 0 Å². The third-order valence-corrected chi connectivity index (χ3v) is 3.11. The van der Waals surface area contributed by atoms with Crippen molar-refractivity contribution >= 4 is 17.5 Å². The molecule has 0 spiro atoms. The van der Waals surface area contributed by atoms with Gasteiger partial charge >= 0.3 is 0 Å². The Morgan fingerprint density at radius 1 is 1.58 bits per heavy atom. The van der Waals surface area contributed by atoms with Crippen LogP contribution >= 0.6 is 0 Å². The molecule has 19 heavy (non-hydrogen) atoms. The van der Waals surface area contributed by atoms with E-state index >= 15 is 0 Å². The van der Waals surface area contributed by atoms with Gasteiger partial charge in [-0.3, -0.25) is 9.59 Å². The number of nitrogens with one attached hydrogen (secondary N) is 2. The molecule has 0 radical (unpaired) electrons. The van der Waals surface area contributed by atoms with Crippen LogP contribution < -0.4 is 16.4 Å². The number of rotatable bonds is 4. The van der Waals surface area contributed by atoms with E-state index in [0.717, 1.165) is 11.3 Å². The summed E-state index contributed by atoms with van der Waals surface area (Å²) < 4.78 is 0. The average molecular weight is 263 g/mol. The van der Waals surface area contributed by atoms with Crippen LogP contribution in [0.4, 0.5) is 5.69 Å². The molecular formula is C13H17N3O3. The molecule has 2 rings (SSSR count). The van der Waals surface area contributed by atoms with Crippen LogP contribution in [0.25, 0.3) is 0 Å². The zero-order valence-corrected chi connectivity index (χ0v) is 10.6.